The van der Waals surface area contributed by atoms with Crippen LogP contribution >= 0.6 is 0 Å². The summed E-state index contributed by atoms with van der Waals surface area (Å²) in [5.41, 5.74) is -0.548. The molecular weight excluding hydrogens is 230 g/mol. The maximum atomic E-state index is 11.7. The quantitative estimate of drug-likeness (QED) is 0.734. The summed E-state index contributed by atoms with van der Waals surface area (Å²) in [6.45, 7) is 10.4. The number of ether oxygens (including phenoxy) is 1. The van der Waals surface area contributed by atoms with Gasteiger partial charge in [0.05, 0.1) is 11.7 Å². The minimum absolute atomic E-state index is 0.0622. The van der Waals surface area contributed by atoms with Crippen LogP contribution in [0.2, 0.25) is 0 Å². The molecule has 1 amide bonds. The molecule has 4 heteroatoms. The molecule has 0 heterocycles. The number of hydrogen-bond acceptors (Lipinski definition) is 3. The van der Waals surface area contributed by atoms with Gasteiger partial charge in [0.2, 0.25) is 5.91 Å². The Morgan fingerprint density at radius 2 is 2.17 bits per heavy atom. The van der Waals surface area contributed by atoms with Gasteiger partial charge in [0.25, 0.3) is 0 Å². The minimum atomic E-state index is -0.878. The number of rotatable bonds is 5. The summed E-state index contributed by atoms with van der Waals surface area (Å²) in [4.78, 5) is 11.7. The van der Waals surface area contributed by atoms with Crippen molar-refractivity contribution < 1.29 is 14.6 Å². The molecule has 0 saturated heterocycles. The zero-order chi connectivity index (χ0) is 14.0. The second-order valence-corrected chi connectivity index (χ2v) is 5.56. The van der Waals surface area contributed by atoms with Gasteiger partial charge in [-0.1, -0.05) is 19.9 Å². The fourth-order valence-electron chi connectivity index (χ4n) is 2.26. The highest BCUT2D eigenvalue weighted by Gasteiger charge is 2.59. The number of nitrogens with one attached hydrogen (secondary N) is 1. The van der Waals surface area contributed by atoms with Gasteiger partial charge in [0.15, 0.2) is 0 Å². The molecule has 4 nitrogen and oxygen atoms in total. The Hall–Kier alpha value is -0.870. The van der Waals surface area contributed by atoms with Crippen molar-refractivity contribution in [2.45, 2.75) is 52.7 Å². The molecule has 0 aliphatic heterocycles. The van der Waals surface area contributed by atoms with Crippen molar-refractivity contribution in [3.8, 4) is 0 Å². The molecule has 2 atom stereocenters. The molecule has 1 rings (SSSR count). The molecule has 2 N–H and O–H groups in total. The van der Waals surface area contributed by atoms with Crippen molar-refractivity contribution in [2.75, 3.05) is 13.2 Å². The molecule has 0 aromatic rings. The Kier molecular flexibility index (Phi) is 4.56. The van der Waals surface area contributed by atoms with E-state index in [0.29, 0.717) is 18.6 Å². The zero-order valence-corrected chi connectivity index (χ0v) is 12.0. The maximum absolute atomic E-state index is 11.7. The van der Waals surface area contributed by atoms with Crippen LogP contribution in [0.15, 0.2) is 11.6 Å². The predicted molar refractivity (Wildman–Crippen MR) is 71.2 cm³/mol. The van der Waals surface area contributed by atoms with E-state index in [1.54, 1.807) is 13.0 Å². The highest BCUT2D eigenvalue weighted by atomic mass is 16.5. The molecule has 0 unspecified atom stereocenters. The van der Waals surface area contributed by atoms with Crippen molar-refractivity contribution in [1.29, 1.82) is 0 Å². The fraction of sp³-hybridized carbons (Fsp3) is 0.786. The third-order valence-corrected chi connectivity index (χ3v) is 4.23. The molecule has 0 aromatic heterocycles. The van der Waals surface area contributed by atoms with Crippen molar-refractivity contribution in [3.63, 3.8) is 0 Å². The smallest absolute Gasteiger partial charge is 0.246 e. The minimum Gasteiger partial charge on any atom is -0.387 e. The highest BCUT2D eigenvalue weighted by Crippen LogP contribution is 2.50. The van der Waals surface area contributed by atoms with E-state index in [-0.39, 0.29) is 24.0 Å². The van der Waals surface area contributed by atoms with E-state index in [4.69, 9.17) is 4.74 Å². The van der Waals surface area contributed by atoms with Gasteiger partial charge in [0, 0.05) is 30.6 Å². The monoisotopic (exact) mass is 255 g/mol. The van der Waals surface area contributed by atoms with Crippen molar-refractivity contribution in [1.82, 2.24) is 5.32 Å². The van der Waals surface area contributed by atoms with Crippen LogP contribution in [0.3, 0.4) is 0 Å². The Morgan fingerprint density at radius 3 is 2.61 bits per heavy atom. The molecule has 0 bridgehead atoms. The molecule has 0 spiro atoms. The van der Waals surface area contributed by atoms with Crippen molar-refractivity contribution >= 4 is 5.91 Å². The molecule has 18 heavy (non-hydrogen) atoms. The number of amides is 1. The van der Waals surface area contributed by atoms with E-state index < -0.39 is 5.60 Å². The van der Waals surface area contributed by atoms with Crippen molar-refractivity contribution in [2.24, 2.45) is 5.41 Å². The Balaban J connectivity index is 2.56. The molecular formula is C14H25NO3. The van der Waals surface area contributed by atoms with E-state index in [1.807, 2.05) is 27.7 Å². The van der Waals surface area contributed by atoms with Crippen LogP contribution < -0.4 is 5.32 Å². The van der Waals surface area contributed by atoms with Gasteiger partial charge in [-0.15, -0.1) is 0 Å². The Labute approximate surface area is 109 Å². The summed E-state index contributed by atoms with van der Waals surface area (Å²) < 4.78 is 5.58. The second kappa shape index (κ2) is 5.41. The van der Waals surface area contributed by atoms with Crippen LogP contribution in [0.25, 0.3) is 0 Å². The topological polar surface area (TPSA) is 58.6 Å². The maximum Gasteiger partial charge on any atom is 0.246 e. The average molecular weight is 255 g/mol. The van der Waals surface area contributed by atoms with E-state index >= 15 is 0 Å². The first kappa shape index (κ1) is 15.2. The van der Waals surface area contributed by atoms with Gasteiger partial charge in [-0.3, -0.25) is 4.79 Å². The van der Waals surface area contributed by atoms with Gasteiger partial charge in [-0.25, -0.2) is 0 Å². The number of aliphatic hydroxyl groups is 1. The molecule has 1 saturated carbocycles. The van der Waals surface area contributed by atoms with E-state index in [9.17, 15) is 9.90 Å². The largest absolute Gasteiger partial charge is 0.387 e. The average Bonchev–Trinajstić information content (AvgIpc) is 2.34. The summed E-state index contributed by atoms with van der Waals surface area (Å²) in [5.74, 6) is -0.124. The van der Waals surface area contributed by atoms with Crippen LogP contribution in [0.1, 0.15) is 41.0 Å². The highest BCUT2D eigenvalue weighted by molar-refractivity contribution is 5.92. The van der Waals surface area contributed by atoms with Crippen molar-refractivity contribution in [3.05, 3.63) is 11.6 Å². The predicted octanol–water partition coefficient (Wildman–Crippen LogP) is 1.63. The van der Waals surface area contributed by atoms with E-state index in [2.05, 4.69) is 5.32 Å². The lowest BCUT2D eigenvalue weighted by Gasteiger charge is -2.57. The van der Waals surface area contributed by atoms with Crippen LogP contribution in [0, 0.1) is 5.41 Å². The second-order valence-electron chi connectivity index (χ2n) is 5.56. The molecule has 1 aliphatic rings. The number of allylic oxidation sites excluding steroid dienone is 1. The number of carbonyl (C=O) groups is 1. The van der Waals surface area contributed by atoms with Crippen LogP contribution in [-0.4, -0.2) is 35.9 Å². The summed E-state index contributed by atoms with van der Waals surface area (Å²) in [7, 11) is 0. The van der Waals surface area contributed by atoms with Gasteiger partial charge >= 0.3 is 0 Å². The summed E-state index contributed by atoms with van der Waals surface area (Å²) >= 11 is 0. The van der Waals surface area contributed by atoms with Gasteiger partial charge in [0.1, 0.15) is 0 Å². The van der Waals surface area contributed by atoms with Crippen LogP contribution in [0.5, 0.6) is 0 Å². The standard InChI is InChI=1S/C14H25NO3/c1-6-10(3)12(16)15-9-14(17)8-11(18-7-2)13(14,4)5/h6,11,17H,7-9H2,1-5H3,(H,15,16)/b10-6+/t11-,14-/m0/s1. The van der Waals surface area contributed by atoms with Crippen LogP contribution in [0.4, 0.5) is 0 Å². The first-order valence-corrected chi connectivity index (χ1v) is 6.53. The van der Waals surface area contributed by atoms with Gasteiger partial charge < -0.3 is 15.2 Å². The lowest BCUT2D eigenvalue weighted by molar-refractivity contribution is -0.238. The number of hydrogen-bond donors (Lipinski definition) is 2. The van der Waals surface area contributed by atoms with Crippen LogP contribution in [-0.2, 0) is 9.53 Å². The zero-order valence-electron chi connectivity index (χ0n) is 12.0. The molecule has 1 fully saturated rings. The lowest BCUT2D eigenvalue weighted by Crippen LogP contribution is -2.68. The van der Waals surface area contributed by atoms with Gasteiger partial charge in [-0.2, -0.15) is 0 Å². The first-order chi connectivity index (χ1) is 8.28. The summed E-state index contributed by atoms with van der Waals surface area (Å²) in [6, 6.07) is 0. The number of carbonyl (C=O) groups excluding carboxylic acids is 1. The molecule has 0 radical (unpaired) electrons. The first-order valence-electron chi connectivity index (χ1n) is 6.53. The van der Waals surface area contributed by atoms with Gasteiger partial charge in [-0.05, 0) is 20.8 Å². The Morgan fingerprint density at radius 1 is 1.56 bits per heavy atom. The third kappa shape index (κ3) is 2.59. The molecule has 1 aliphatic carbocycles. The summed E-state index contributed by atoms with van der Waals surface area (Å²) in [5, 5.41) is 13.3. The van der Waals surface area contributed by atoms with E-state index in [1.165, 1.54) is 0 Å². The van der Waals surface area contributed by atoms with E-state index in [0.717, 1.165) is 0 Å². The summed E-state index contributed by atoms with van der Waals surface area (Å²) in [6.07, 6.45) is 2.39. The molecule has 0 aromatic carbocycles. The third-order valence-electron chi connectivity index (χ3n) is 4.23. The lowest BCUT2D eigenvalue weighted by atomic mass is 9.56. The normalized spacial score (nSPS) is 30.8. The Bertz CT molecular complexity index is 349. The molecule has 104 valence electrons. The SMILES string of the molecule is C/C=C(\C)C(=O)NC[C@@]1(O)C[C@H](OCC)C1(C)C. The fourth-order valence-corrected chi connectivity index (χ4v) is 2.26.